The molecule has 6 heteroatoms. The summed E-state index contributed by atoms with van der Waals surface area (Å²) >= 11 is 3.83. The lowest BCUT2D eigenvalue weighted by molar-refractivity contribution is -0.124. The molecule has 0 aliphatic carbocycles. The molecule has 0 rings (SSSR count). The molecule has 0 N–H and O–H groups in total. The Labute approximate surface area is 72.0 Å². The molecule has 1 amide bonds. The summed E-state index contributed by atoms with van der Waals surface area (Å²) in [4.78, 5) is 10.7. The molecule has 0 radical (unpaired) electrons. The van der Waals surface area contributed by atoms with Gasteiger partial charge in [0.2, 0.25) is 15.9 Å². The smallest absolute Gasteiger partial charge is 0.234 e. The van der Waals surface area contributed by atoms with E-state index in [9.17, 15) is 13.2 Å². The average Bonchev–Trinajstić information content (AvgIpc) is 1.79. The molecule has 0 aliphatic rings. The summed E-state index contributed by atoms with van der Waals surface area (Å²) in [6, 6.07) is 0. The van der Waals surface area contributed by atoms with Gasteiger partial charge in [-0.05, 0) is 0 Å². The van der Waals surface area contributed by atoms with Gasteiger partial charge in [0, 0.05) is 19.2 Å². The standard InChI is InChI=1S/C5H11NO3S2/c1-5(7)6(3-4-10)11(2,8)9/h10H,3-4H2,1-2H3. The van der Waals surface area contributed by atoms with Gasteiger partial charge in [0.15, 0.2) is 0 Å². The Morgan fingerprint density at radius 2 is 2.00 bits per heavy atom. The van der Waals surface area contributed by atoms with Crippen molar-refractivity contribution in [3.8, 4) is 0 Å². The molecule has 0 aliphatic heterocycles. The Morgan fingerprint density at radius 3 is 2.09 bits per heavy atom. The van der Waals surface area contributed by atoms with Gasteiger partial charge >= 0.3 is 0 Å². The highest BCUT2D eigenvalue weighted by molar-refractivity contribution is 7.89. The van der Waals surface area contributed by atoms with Crippen molar-refractivity contribution in [1.82, 2.24) is 4.31 Å². The van der Waals surface area contributed by atoms with E-state index in [0.717, 1.165) is 10.6 Å². The highest BCUT2D eigenvalue weighted by Crippen LogP contribution is 1.98. The van der Waals surface area contributed by atoms with Crippen LogP contribution in [-0.4, -0.2) is 37.2 Å². The maximum atomic E-state index is 10.8. The summed E-state index contributed by atoms with van der Waals surface area (Å²) in [5, 5.41) is 0. The topological polar surface area (TPSA) is 54.5 Å². The first-order chi connectivity index (χ1) is 4.89. The van der Waals surface area contributed by atoms with Crippen molar-refractivity contribution in [1.29, 1.82) is 0 Å². The molecule has 0 aromatic heterocycles. The SMILES string of the molecule is CC(=O)N(CCS)S(C)(=O)=O. The van der Waals surface area contributed by atoms with Crippen LogP contribution >= 0.6 is 12.6 Å². The molecule has 66 valence electrons. The molecule has 0 atom stereocenters. The average molecular weight is 197 g/mol. The molecule has 4 nitrogen and oxygen atoms in total. The van der Waals surface area contributed by atoms with Crippen molar-refractivity contribution in [2.45, 2.75) is 6.92 Å². The van der Waals surface area contributed by atoms with Crippen LogP contribution in [0.3, 0.4) is 0 Å². The second-order valence-electron chi connectivity index (χ2n) is 2.08. The van der Waals surface area contributed by atoms with Crippen LogP contribution in [0.25, 0.3) is 0 Å². The van der Waals surface area contributed by atoms with E-state index in [1.54, 1.807) is 0 Å². The number of carbonyl (C=O) groups is 1. The molecule has 0 saturated heterocycles. The van der Waals surface area contributed by atoms with Crippen LogP contribution in [0.5, 0.6) is 0 Å². The van der Waals surface area contributed by atoms with Crippen LogP contribution in [0.1, 0.15) is 6.92 Å². The quantitative estimate of drug-likeness (QED) is 0.633. The second-order valence-corrected chi connectivity index (χ2v) is 4.43. The van der Waals surface area contributed by atoms with E-state index in [-0.39, 0.29) is 6.54 Å². The third-order valence-electron chi connectivity index (χ3n) is 1.05. The molecule has 0 aromatic rings. The minimum Gasteiger partial charge on any atom is -0.274 e. The predicted molar refractivity (Wildman–Crippen MR) is 46.1 cm³/mol. The molecular formula is C5H11NO3S2. The van der Waals surface area contributed by atoms with Crippen LogP contribution in [0.15, 0.2) is 0 Å². The van der Waals surface area contributed by atoms with Gasteiger partial charge in [-0.2, -0.15) is 12.6 Å². The lowest BCUT2D eigenvalue weighted by Crippen LogP contribution is -2.35. The first-order valence-electron chi connectivity index (χ1n) is 2.98. The molecule has 0 bridgehead atoms. The van der Waals surface area contributed by atoms with Crippen molar-refractivity contribution >= 4 is 28.6 Å². The summed E-state index contributed by atoms with van der Waals surface area (Å²) in [5.41, 5.74) is 0. The minimum absolute atomic E-state index is 0.136. The number of nitrogens with zero attached hydrogens (tertiary/aromatic N) is 1. The molecular weight excluding hydrogens is 186 g/mol. The van der Waals surface area contributed by atoms with E-state index >= 15 is 0 Å². The van der Waals surface area contributed by atoms with Crippen LogP contribution in [0.4, 0.5) is 0 Å². The fourth-order valence-corrected chi connectivity index (χ4v) is 1.87. The van der Waals surface area contributed by atoms with Crippen molar-refractivity contribution in [2.24, 2.45) is 0 Å². The molecule has 0 unspecified atom stereocenters. The van der Waals surface area contributed by atoms with Crippen molar-refractivity contribution in [3.05, 3.63) is 0 Å². The number of hydrogen-bond acceptors (Lipinski definition) is 4. The van der Waals surface area contributed by atoms with Gasteiger partial charge in [-0.1, -0.05) is 0 Å². The van der Waals surface area contributed by atoms with Gasteiger partial charge in [0.1, 0.15) is 0 Å². The van der Waals surface area contributed by atoms with E-state index in [4.69, 9.17) is 0 Å². The van der Waals surface area contributed by atoms with E-state index in [1.807, 2.05) is 0 Å². The molecule has 11 heavy (non-hydrogen) atoms. The number of rotatable bonds is 3. The first kappa shape index (κ1) is 10.8. The number of hydrogen-bond donors (Lipinski definition) is 1. The summed E-state index contributed by atoms with van der Waals surface area (Å²) in [5.74, 6) is -0.131. The monoisotopic (exact) mass is 197 g/mol. The van der Waals surface area contributed by atoms with Gasteiger partial charge in [-0.25, -0.2) is 12.7 Å². The Kier molecular flexibility index (Phi) is 3.88. The van der Waals surface area contributed by atoms with Crippen LogP contribution < -0.4 is 0 Å². The maximum absolute atomic E-state index is 10.8. The van der Waals surface area contributed by atoms with E-state index in [2.05, 4.69) is 12.6 Å². The Morgan fingerprint density at radius 1 is 1.55 bits per heavy atom. The number of thiol groups is 1. The summed E-state index contributed by atoms with van der Waals surface area (Å²) in [7, 11) is -3.39. The van der Waals surface area contributed by atoms with Gasteiger partial charge in [-0.15, -0.1) is 0 Å². The highest BCUT2D eigenvalue weighted by atomic mass is 32.2. The molecule has 0 spiro atoms. The van der Waals surface area contributed by atoms with Crippen LogP contribution in [0.2, 0.25) is 0 Å². The molecule has 0 heterocycles. The fourth-order valence-electron chi connectivity index (χ4n) is 0.648. The number of carbonyl (C=O) groups excluding carboxylic acids is 1. The van der Waals surface area contributed by atoms with Gasteiger partial charge in [0.25, 0.3) is 0 Å². The van der Waals surface area contributed by atoms with Crippen molar-refractivity contribution in [3.63, 3.8) is 0 Å². The highest BCUT2D eigenvalue weighted by Gasteiger charge is 2.17. The summed E-state index contributed by atoms with van der Waals surface area (Å²) in [6.45, 7) is 1.35. The normalized spacial score (nSPS) is 11.2. The Bertz CT molecular complexity index is 234. The molecule has 0 saturated carbocycles. The Balaban J connectivity index is 4.49. The van der Waals surface area contributed by atoms with Crippen molar-refractivity contribution < 1.29 is 13.2 Å². The first-order valence-corrected chi connectivity index (χ1v) is 5.47. The molecule has 0 aromatic carbocycles. The lowest BCUT2D eigenvalue weighted by atomic mass is 10.6. The van der Waals surface area contributed by atoms with Crippen molar-refractivity contribution in [2.75, 3.05) is 18.6 Å². The zero-order valence-corrected chi connectivity index (χ0v) is 8.15. The van der Waals surface area contributed by atoms with Crippen LogP contribution in [-0.2, 0) is 14.8 Å². The van der Waals surface area contributed by atoms with Gasteiger partial charge in [0.05, 0.1) is 6.26 Å². The van der Waals surface area contributed by atoms with E-state index in [0.29, 0.717) is 5.75 Å². The zero-order valence-electron chi connectivity index (χ0n) is 6.44. The summed E-state index contributed by atoms with van der Waals surface area (Å²) in [6.07, 6.45) is 0.998. The summed E-state index contributed by atoms with van der Waals surface area (Å²) < 4.78 is 22.5. The van der Waals surface area contributed by atoms with Gasteiger partial charge < -0.3 is 0 Å². The maximum Gasteiger partial charge on any atom is 0.234 e. The fraction of sp³-hybridized carbons (Fsp3) is 0.800. The minimum atomic E-state index is -3.39. The number of sulfonamides is 1. The number of amides is 1. The van der Waals surface area contributed by atoms with E-state index in [1.165, 1.54) is 6.92 Å². The van der Waals surface area contributed by atoms with E-state index < -0.39 is 15.9 Å². The lowest BCUT2D eigenvalue weighted by Gasteiger charge is -2.16. The van der Waals surface area contributed by atoms with Gasteiger partial charge in [-0.3, -0.25) is 4.79 Å². The third-order valence-corrected chi connectivity index (χ3v) is 2.49. The second kappa shape index (κ2) is 3.96. The Hall–Kier alpha value is -0.230. The largest absolute Gasteiger partial charge is 0.274 e. The third kappa shape index (κ3) is 3.62. The molecule has 0 fully saturated rings. The zero-order chi connectivity index (χ0) is 9.07. The van der Waals surface area contributed by atoms with Crippen LogP contribution in [0, 0.1) is 0 Å². The predicted octanol–water partition coefficient (Wildman–Crippen LogP) is -0.276.